The van der Waals surface area contributed by atoms with E-state index in [-0.39, 0.29) is 10.8 Å². The van der Waals surface area contributed by atoms with Crippen molar-refractivity contribution in [3.05, 3.63) is 10.1 Å². The molecule has 0 amide bonds. The molecule has 2 bridgehead atoms. The molecule has 0 aromatic carbocycles. The summed E-state index contributed by atoms with van der Waals surface area (Å²) in [6.45, 7) is 6.43. The Balaban J connectivity index is 2.60. The van der Waals surface area contributed by atoms with E-state index in [2.05, 4.69) is 57.7 Å². The van der Waals surface area contributed by atoms with E-state index >= 15 is 0 Å². The van der Waals surface area contributed by atoms with E-state index in [4.69, 9.17) is 0 Å². The van der Waals surface area contributed by atoms with E-state index in [1.807, 2.05) is 0 Å². The molecule has 0 spiro atoms. The molecule has 0 saturated heterocycles. The van der Waals surface area contributed by atoms with Gasteiger partial charge in [-0.15, -0.1) is 0 Å². The normalized spacial score (nSPS) is 41.6. The predicted molar refractivity (Wildman–Crippen MR) is 69.6 cm³/mol. The van der Waals surface area contributed by atoms with Gasteiger partial charge in [0, 0.05) is 5.41 Å². The summed E-state index contributed by atoms with van der Waals surface area (Å²) in [6.07, 6.45) is 2.03. The van der Waals surface area contributed by atoms with Gasteiger partial charge >= 0.3 is 0 Å². The minimum atomic E-state index is -0.589. The molecular weight excluding hydrogens is 340 g/mol. The van der Waals surface area contributed by atoms with Crippen molar-refractivity contribution in [3.63, 3.8) is 0 Å². The van der Waals surface area contributed by atoms with Crippen LogP contribution < -0.4 is 0 Å². The molecule has 90 valence electrons. The molecule has 4 nitrogen and oxygen atoms in total. The molecule has 2 fully saturated rings. The highest BCUT2D eigenvalue weighted by atomic mass is 79.9. The molecule has 2 aliphatic rings. The maximum absolute atomic E-state index is 10.6. The van der Waals surface area contributed by atoms with Gasteiger partial charge in [0.2, 0.25) is 0 Å². The smallest absolute Gasteiger partial charge is 0.190 e. The molecular formula is C10H14Br2N2O2. The zero-order valence-electron chi connectivity index (χ0n) is 9.46. The van der Waals surface area contributed by atoms with E-state index in [9.17, 15) is 10.1 Å². The molecule has 2 aliphatic carbocycles. The molecule has 6 heteroatoms. The summed E-state index contributed by atoms with van der Waals surface area (Å²) in [7, 11) is 0. The number of hydrazone groups is 1. The number of nitrogens with zero attached hydrogens (tertiary/aromatic N) is 2. The molecule has 2 atom stereocenters. The molecule has 0 heterocycles. The van der Waals surface area contributed by atoms with Crippen LogP contribution in [0, 0.1) is 26.9 Å². The lowest BCUT2D eigenvalue weighted by molar-refractivity contribution is -0.485. The summed E-state index contributed by atoms with van der Waals surface area (Å²) in [4.78, 5) is 10.6. The van der Waals surface area contributed by atoms with Crippen molar-refractivity contribution in [2.75, 3.05) is 0 Å². The van der Waals surface area contributed by atoms with E-state index < -0.39 is 8.27 Å². The van der Waals surface area contributed by atoms with Crippen LogP contribution in [0.25, 0.3) is 0 Å². The van der Waals surface area contributed by atoms with Crippen LogP contribution in [0.5, 0.6) is 0 Å². The Labute approximate surface area is 111 Å². The van der Waals surface area contributed by atoms with Gasteiger partial charge in [-0.25, -0.2) is 10.1 Å². The van der Waals surface area contributed by atoms with Crippen molar-refractivity contribution in [2.24, 2.45) is 21.8 Å². The third-order valence-electron chi connectivity index (χ3n) is 4.68. The average Bonchev–Trinajstić information content (AvgIpc) is 2.38. The molecule has 2 rings (SSSR count). The first-order valence-electron chi connectivity index (χ1n) is 5.26. The molecule has 2 unspecified atom stereocenters. The number of rotatable bonds is 1. The maximum atomic E-state index is 10.6. The van der Waals surface area contributed by atoms with Gasteiger partial charge in [-0.2, -0.15) is 0 Å². The molecule has 2 saturated carbocycles. The predicted octanol–water partition coefficient (Wildman–Crippen LogP) is 3.56. The largest absolute Gasteiger partial charge is 0.233 e. The highest BCUT2D eigenvalue weighted by molar-refractivity contribution is 9.26. The molecule has 0 aromatic rings. The van der Waals surface area contributed by atoms with Gasteiger partial charge in [0.1, 0.15) is 8.95 Å². The Bertz CT molecular complexity index is 392. The Morgan fingerprint density at radius 3 is 2.38 bits per heavy atom. The van der Waals surface area contributed by atoms with Crippen LogP contribution in [0.4, 0.5) is 0 Å². The van der Waals surface area contributed by atoms with Crippen molar-refractivity contribution in [2.45, 2.75) is 36.8 Å². The molecule has 0 radical (unpaired) electrons. The number of hydrogen-bond acceptors (Lipinski definition) is 2. The van der Waals surface area contributed by atoms with E-state index in [0.717, 1.165) is 12.8 Å². The van der Waals surface area contributed by atoms with Gasteiger partial charge in [-0.05, 0) is 24.2 Å². The van der Waals surface area contributed by atoms with Gasteiger partial charge < -0.3 is 0 Å². The zero-order chi connectivity index (χ0) is 12.4. The second kappa shape index (κ2) is 3.28. The molecule has 0 aliphatic heterocycles. The maximum Gasteiger partial charge on any atom is 0.190 e. The van der Waals surface area contributed by atoms with Crippen LogP contribution in [-0.4, -0.2) is 14.0 Å². The summed E-state index contributed by atoms with van der Waals surface area (Å²) in [6, 6.07) is 0. The fourth-order valence-electron chi connectivity index (χ4n) is 3.35. The third-order valence-corrected chi connectivity index (χ3v) is 6.54. The first-order chi connectivity index (χ1) is 7.14. The van der Waals surface area contributed by atoms with Gasteiger partial charge in [-0.3, -0.25) is 0 Å². The standard InChI is InChI=1S/C10H14Br2N2O2/c1-8(2)6-4-5-9(8,3)7(10(6,11)12)13-14(15)16/h6H,4-5H2,1-3H3. The lowest BCUT2D eigenvalue weighted by atomic mass is 9.70. The Morgan fingerprint density at radius 2 is 2.00 bits per heavy atom. The van der Waals surface area contributed by atoms with Gasteiger partial charge in [0.05, 0.1) is 5.10 Å². The summed E-state index contributed by atoms with van der Waals surface area (Å²) in [5, 5.41) is 13.7. The van der Waals surface area contributed by atoms with Gasteiger partial charge in [0.25, 0.3) is 0 Å². The van der Waals surface area contributed by atoms with Crippen LogP contribution in [0.15, 0.2) is 5.10 Å². The van der Waals surface area contributed by atoms with Gasteiger partial charge in [-0.1, -0.05) is 52.6 Å². The fourth-order valence-corrected chi connectivity index (χ4v) is 5.99. The van der Waals surface area contributed by atoms with Crippen LogP contribution >= 0.6 is 31.9 Å². The lowest BCUT2D eigenvalue weighted by Gasteiger charge is -2.33. The minimum absolute atomic E-state index is 0.0227. The number of nitro groups is 1. The Hall–Kier alpha value is 0.0300. The van der Waals surface area contributed by atoms with E-state index in [1.165, 1.54) is 0 Å². The summed E-state index contributed by atoms with van der Waals surface area (Å²) in [5.41, 5.74) is 0.457. The average molecular weight is 354 g/mol. The third kappa shape index (κ3) is 1.29. The monoisotopic (exact) mass is 352 g/mol. The van der Waals surface area contributed by atoms with Crippen molar-refractivity contribution < 1.29 is 5.03 Å². The minimum Gasteiger partial charge on any atom is -0.233 e. The molecule has 0 aromatic heterocycles. The number of fused-ring (bicyclic) bond motifs is 2. The SMILES string of the molecule is CC12CCC(C(Br)(Br)C1=N[N+](=O)[O-])C2(C)C. The quantitative estimate of drug-likeness (QED) is 0.411. The van der Waals surface area contributed by atoms with Crippen molar-refractivity contribution >= 4 is 37.6 Å². The van der Waals surface area contributed by atoms with E-state index in [1.54, 1.807) is 0 Å². The highest BCUT2D eigenvalue weighted by Gasteiger charge is 2.71. The first-order valence-corrected chi connectivity index (χ1v) is 6.84. The topological polar surface area (TPSA) is 55.5 Å². The van der Waals surface area contributed by atoms with Crippen molar-refractivity contribution in [1.29, 1.82) is 0 Å². The van der Waals surface area contributed by atoms with Crippen LogP contribution in [0.1, 0.15) is 33.6 Å². The molecule has 16 heavy (non-hydrogen) atoms. The summed E-state index contributed by atoms with van der Waals surface area (Å²) < 4.78 is -0.510. The van der Waals surface area contributed by atoms with E-state index in [0.29, 0.717) is 11.6 Å². The fraction of sp³-hybridized carbons (Fsp3) is 0.900. The lowest BCUT2D eigenvalue weighted by Crippen LogP contribution is -2.38. The Morgan fingerprint density at radius 1 is 1.44 bits per heavy atom. The second-order valence-electron chi connectivity index (χ2n) is 5.45. The van der Waals surface area contributed by atoms with Crippen molar-refractivity contribution in [3.8, 4) is 0 Å². The first kappa shape index (κ1) is 12.5. The molecule has 0 N–H and O–H groups in total. The number of hydrogen-bond donors (Lipinski definition) is 0. The van der Waals surface area contributed by atoms with Crippen LogP contribution in [-0.2, 0) is 0 Å². The number of halogens is 2. The summed E-state index contributed by atoms with van der Waals surface area (Å²) in [5.74, 6) is 0.337. The Kier molecular flexibility index (Phi) is 2.56. The van der Waals surface area contributed by atoms with Crippen molar-refractivity contribution in [1.82, 2.24) is 0 Å². The van der Waals surface area contributed by atoms with Crippen LogP contribution in [0.2, 0.25) is 0 Å². The zero-order valence-corrected chi connectivity index (χ0v) is 12.6. The second-order valence-corrected chi connectivity index (χ2v) is 9.02. The van der Waals surface area contributed by atoms with Crippen LogP contribution in [0.3, 0.4) is 0 Å². The summed E-state index contributed by atoms with van der Waals surface area (Å²) >= 11 is 7.17. The van der Waals surface area contributed by atoms with Gasteiger partial charge in [0.15, 0.2) is 5.03 Å². The number of alkyl halides is 2. The highest BCUT2D eigenvalue weighted by Crippen LogP contribution is 2.71.